The normalized spacial score (nSPS) is 21.6. The van der Waals surface area contributed by atoms with Gasteiger partial charge in [0.15, 0.2) is 0 Å². The lowest BCUT2D eigenvalue weighted by atomic mass is 10.0. The van der Waals surface area contributed by atoms with E-state index in [1.807, 2.05) is 11.4 Å². The Balaban J connectivity index is 1.40. The van der Waals surface area contributed by atoms with Crippen LogP contribution in [0.1, 0.15) is 18.4 Å². The van der Waals surface area contributed by atoms with E-state index in [1.54, 1.807) is 11.3 Å². The van der Waals surface area contributed by atoms with Gasteiger partial charge in [0, 0.05) is 18.4 Å². The minimum absolute atomic E-state index is 0.0718. The Morgan fingerprint density at radius 1 is 1.40 bits per heavy atom. The van der Waals surface area contributed by atoms with Crippen LogP contribution in [0.25, 0.3) is 11.1 Å². The van der Waals surface area contributed by atoms with Gasteiger partial charge in [-0.25, -0.2) is 0 Å². The summed E-state index contributed by atoms with van der Waals surface area (Å²) in [5, 5.41) is 10.2. The number of carbonyl (C=O) groups excluding carboxylic acids is 2. The number of halogens is 1. The first-order valence-electron chi connectivity index (χ1n) is 8.19. The predicted molar refractivity (Wildman–Crippen MR) is 97.1 cm³/mol. The quantitative estimate of drug-likeness (QED) is 0.862. The molecule has 0 radical (unpaired) electrons. The van der Waals surface area contributed by atoms with E-state index in [4.69, 9.17) is 16.3 Å². The molecular formula is C18H17ClN2O3S. The largest absolute Gasteiger partial charge is 0.486 e. The van der Waals surface area contributed by atoms with Crippen molar-refractivity contribution in [2.75, 3.05) is 6.54 Å². The summed E-state index contributed by atoms with van der Waals surface area (Å²) in [6.45, 7) is 0.393. The van der Waals surface area contributed by atoms with Crippen molar-refractivity contribution in [1.29, 1.82) is 0 Å². The molecule has 1 unspecified atom stereocenters. The van der Waals surface area contributed by atoms with Gasteiger partial charge < -0.3 is 15.4 Å². The van der Waals surface area contributed by atoms with Gasteiger partial charge in [0.2, 0.25) is 11.8 Å². The third kappa shape index (κ3) is 3.37. The van der Waals surface area contributed by atoms with Gasteiger partial charge in [-0.3, -0.25) is 9.59 Å². The van der Waals surface area contributed by atoms with E-state index in [9.17, 15) is 9.59 Å². The highest BCUT2D eigenvalue weighted by molar-refractivity contribution is 7.08. The van der Waals surface area contributed by atoms with Gasteiger partial charge in [-0.1, -0.05) is 11.6 Å². The summed E-state index contributed by atoms with van der Waals surface area (Å²) in [6.07, 6.45) is 1.51. The van der Waals surface area contributed by atoms with Crippen LogP contribution in [0.2, 0.25) is 5.02 Å². The van der Waals surface area contributed by atoms with Gasteiger partial charge >= 0.3 is 0 Å². The molecule has 7 heteroatoms. The molecule has 1 saturated heterocycles. The van der Waals surface area contributed by atoms with Crippen LogP contribution in [0.15, 0.2) is 29.0 Å². The lowest BCUT2D eigenvalue weighted by Gasteiger charge is -2.15. The fraction of sp³-hybridized carbons (Fsp3) is 0.333. The first-order chi connectivity index (χ1) is 12.1. The van der Waals surface area contributed by atoms with Crippen LogP contribution in [0, 0.1) is 0 Å². The Morgan fingerprint density at radius 2 is 2.28 bits per heavy atom. The van der Waals surface area contributed by atoms with Gasteiger partial charge in [-0.15, -0.1) is 0 Å². The maximum Gasteiger partial charge on any atom is 0.242 e. The van der Waals surface area contributed by atoms with Crippen molar-refractivity contribution < 1.29 is 14.3 Å². The van der Waals surface area contributed by atoms with E-state index >= 15 is 0 Å². The molecule has 0 bridgehead atoms. The molecule has 3 heterocycles. The maximum atomic E-state index is 12.1. The zero-order chi connectivity index (χ0) is 17.4. The Bertz CT molecular complexity index is 822. The molecule has 130 valence electrons. The number of carbonyl (C=O) groups is 2. The SMILES string of the molecule is O=C1CC[C@@H](C(=O)NCC2Cc3cc(-c4ccsc4)cc(Cl)c3O2)N1. The molecule has 2 amide bonds. The third-order valence-electron chi connectivity index (χ3n) is 4.52. The highest BCUT2D eigenvalue weighted by Crippen LogP contribution is 2.39. The minimum atomic E-state index is -0.426. The highest BCUT2D eigenvalue weighted by atomic mass is 35.5. The molecule has 1 aromatic carbocycles. The van der Waals surface area contributed by atoms with Gasteiger partial charge in [-0.2, -0.15) is 11.3 Å². The summed E-state index contributed by atoms with van der Waals surface area (Å²) in [7, 11) is 0. The molecule has 25 heavy (non-hydrogen) atoms. The third-order valence-corrected chi connectivity index (χ3v) is 5.49. The molecule has 2 N–H and O–H groups in total. The molecule has 0 saturated carbocycles. The van der Waals surface area contributed by atoms with Crippen molar-refractivity contribution >= 4 is 34.8 Å². The van der Waals surface area contributed by atoms with Crippen molar-refractivity contribution in [3.63, 3.8) is 0 Å². The zero-order valence-corrected chi connectivity index (χ0v) is 15.0. The Morgan fingerprint density at radius 3 is 3.00 bits per heavy atom. The fourth-order valence-electron chi connectivity index (χ4n) is 3.25. The summed E-state index contributed by atoms with van der Waals surface area (Å²) < 4.78 is 5.91. The number of thiophene rings is 1. The van der Waals surface area contributed by atoms with E-state index in [1.165, 1.54) is 0 Å². The van der Waals surface area contributed by atoms with Crippen molar-refractivity contribution in [3.05, 3.63) is 39.5 Å². The Labute approximate surface area is 154 Å². The lowest BCUT2D eigenvalue weighted by Crippen LogP contribution is -2.44. The first kappa shape index (κ1) is 16.4. The molecule has 2 aromatic rings. The van der Waals surface area contributed by atoms with E-state index in [-0.39, 0.29) is 17.9 Å². The number of rotatable bonds is 4. The second-order valence-electron chi connectivity index (χ2n) is 6.31. The number of amides is 2. The van der Waals surface area contributed by atoms with Crippen LogP contribution >= 0.6 is 22.9 Å². The summed E-state index contributed by atoms with van der Waals surface area (Å²) in [5.74, 6) is 0.474. The second-order valence-corrected chi connectivity index (χ2v) is 7.49. The van der Waals surface area contributed by atoms with Crippen LogP contribution in [0.4, 0.5) is 0 Å². The molecule has 1 fully saturated rings. The molecule has 5 nitrogen and oxygen atoms in total. The van der Waals surface area contributed by atoms with Crippen molar-refractivity contribution in [1.82, 2.24) is 10.6 Å². The Hall–Kier alpha value is -2.05. The first-order valence-corrected chi connectivity index (χ1v) is 9.51. The van der Waals surface area contributed by atoms with E-state index in [2.05, 4.69) is 28.1 Å². The van der Waals surface area contributed by atoms with Gasteiger partial charge in [0.1, 0.15) is 17.9 Å². The number of ether oxygens (including phenoxy) is 1. The van der Waals surface area contributed by atoms with Crippen LogP contribution in [0.3, 0.4) is 0 Å². The van der Waals surface area contributed by atoms with Crippen LogP contribution in [-0.4, -0.2) is 30.5 Å². The van der Waals surface area contributed by atoms with Gasteiger partial charge in [-0.05, 0) is 46.5 Å². The standard InChI is InChI=1S/C18H17ClN2O3S/c19-14-7-11(10-3-4-25-9-10)5-12-6-13(24-17(12)14)8-20-18(23)15-1-2-16(22)21-15/h3-5,7,9,13,15H,1-2,6,8H2,(H,20,23)(H,21,22)/t13?,15-/m0/s1. The molecule has 0 spiro atoms. The van der Waals surface area contributed by atoms with Crippen LogP contribution in [0.5, 0.6) is 5.75 Å². The summed E-state index contributed by atoms with van der Waals surface area (Å²) in [4.78, 5) is 23.3. The predicted octanol–water partition coefficient (Wildman–Crippen LogP) is 2.77. The molecular weight excluding hydrogens is 360 g/mol. The van der Waals surface area contributed by atoms with E-state index < -0.39 is 6.04 Å². The monoisotopic (exact) mass is 376 g/mol. The summed E-state index contributed by atoms with van der Waals surface area (Å²) in [5.41, 5.74) is 3.28. The van der Waals surface area contributed by atoms with Gasteiger partial charge in [0.05, 0.1) is 11.6 Å². The molecule has 2 aliphatic heterocycles. The van der Waals surface area contributed by atoms with Gasteiger partial charge in [0.25, 0.3) is 0 Å². The molecule has 4 rings (SSSR count). The number of hydrogen-bond acceptors (Lipinski definition) is 4. The molecule has 1 aromatic heterocycles. The van der Waals surface area contributed by atoms with Crippen molar-refractivity contribution in [2.24, 2.45) is 0 Å². The minimum Gasteiger partial charge on any atom is -0.486 e. The number of fused-ring (bicyclic) bond motifs is 1. The second kappa shape index (κ2) is 6.69. The highest BCUT2D eigenvalue weighted by Gasteiger charge is 2.30. The molecule has 2 aliphatic rings. The summed E-state index contributed by atoms with van der Waals surface area (Å²) >= 11 is 8.03. The number of benzene rings is 1. The average molecular weight is 377 g/mol. The van der Waals surface area contributed by atoms with Crippen molar-refractivity contribution in [3.8, 4) is 16.9 Å². The topological polar surface area (TPSA) is 67.4 Å². The number of nitrogens with one attached hydrogen (secondary N) is 2. The van der Waals surface area contributed by atoms with Crippen molar-refractivity contribution in [2.45, 2.75) is 31.4 Å². The summed E-state index contributed by atoms with van der Waals surface area (Å²) in [6, 6.07) is 5.65. The average Bonchev–Trinajstić information content (AvgIpc) is 3.32. The Kier molecular flexibility index (Phi) is 4.39. The number of hydrogen-bond donors (Lipinski definition) is 2. The smallest absolute Gasteiger partial charge is 0.242 e. The van der Waals surface area contributed by atoms with Crippen LogP contribution < -0.4 is 15.4 Å². The lowest BCUT2D eigenvalue weighted by molar-refractivity contribution is -0.126. The van der Waals surface area contributed by atoms with E-state index in [0.29, 0.717) is 36.6 Å². The molecule has 2 atom stereocenters. The molecule has 0 aliphatic carbocycles. The van der Waals surface area contributed by atoms with Crippen LogP contribution in [-0.2, 0) is 16.0 Å². The zero-order valence-electron chi connectivity index (χ0n) is 13.4. The fourth-order valence-corrected chi connectivity index (χ4v) is 4.19. The maximum absolute atomic E-state index is 12.1. The van der Waals surface area contributed by atoms with E-state index in [0.717, 1.165) is 16.7 Å².